The van der Waals surface area contributed by atoms with Gasteiger partial charge in [0, 0.05) is 30.7 Å². The van der Waals surface area contributed by atoms with Gasteiger partial charge in [-0.25, -0.2) is 0 Å². The molecule has 2 N–H and O–H groups in total. The molecule has 3 aliphatic heterocycles. The summed E-state index contributed by atoms with van der Waals surface area (Å²) in [5.74, 6) is 0.834. The van der Waals surface area contributed by atoms with Crippen molar-refractivity contribution in [3.63, 3.8) is 0 Å². The molecule has 0 spiro atoms. The van der Waals surface area contributed by atoms with Crippen LogP contribution in [0.25, 0.3) is 0 Å². The molecule has 0 aromatic heterocycles. The van der Waals surface area contributed by atoms with Crippen molar-refractivity contribution in [2.75, 3.05) is 19.6 Å². The molecule has 4 atom stereocenters. The lowest BCUT2D eigenvalue weighted by atomic mass is 9.76. The highest BCUT2D eigenvalue weighted by atomic mass is 16.1. The van der Waals surface area contributed by atoms with Crippen molar-refractivity contribution in [1.82, 2.24) is 15.5 Å². The van der Waals surface area contributed by atoms with E-state index in [4.69, 9.17) is 0 Å². The maximum atomic E-state index is 13.6. The van der Waals surface area contributed by atoms with E-state index in [9.17, 15) is 4.79 Å². The number of nitrogens with zero attached hydrogens (tertiary/aromatic N) is 1. The highest BCUT2D eigenvalue weighted by Crippen LogP contribution is 2.42. The van der Waals surface area contributed by atoms with Crippen LogP contribution in [0.1, 0.15) is 77.8 Å². The summed E-state index contributed by atoms with van der Waals surface area (Å²) < 4.78 is 0. The first kappa shape index (κ1) is 20.7. The zero-order valence-electron chi connectivity index (χ0n) is 18.9. The Morgan fingerprint density at radius 1 is 1.26 bits per heavy atom. The molecule has 2 fully saturated rings. The van der Waals surface area contributed by atoms with Gasteiger partial charge in [-0.3, -0.25) is 9.69 Å². The summed E-state index contributed by atoms with van der Waals surface area (Å²) in [5.41, 5.74) is 6.01. The molecule has 0 aliphatic carbocycles. The molecular weight excluding hydrogens is 382 g/mol. The monoisotopic (exact) mass is 417 g/mol. The number of carbonyl (C=O) groups excluding carboxylic acids is 1. The lowest BCUT2D eigenvalue weighted by molar-refractivity contribution is 0.0542. The molecule has 4 heteroatoms. The van der Waals surface area contributed by atoms with Crippen molar-refractivity contribution in [3.05, 3.63) is 70.3 Å². The molecule has 31 heavy (non-hydrogen) atoms. The normalized spacial score (nSPS) is 26.3. The fourth-order valence-corrected chi connectivity index (χ4v) is 6.01. The molecule has 2 saturated heterocycles. The van der Waals surface area contributed by atoms with Gasteiger partial charge in [0.2, 0.25) is 0 Å². The number of benzene rings is 2. The summed E-state index contributed by atoms with van der Waals surface area (Å²) >= 11 is 0. The summed E-state index contributed by atoms with van der Waals surface area (Å²) in [7, 11) is 0. The third-order valence-electron chi connectivity index (χ3n) is 7.74. The standard InChI is InChI=1S/C27H35N3O/c1-3-19-14-21-11-13-30-17-22-10-7-12-28-24(22)16-25(30)26(21)23(15-19)27(31)29-18(2)20-8-5-4-6-9-20/h4-6,8-9,14-15,18,22,24-25,28H,3,7,10-13,16-17H2,1-2H3,(H,29,31)/t18-,22-,24+,25-/m1/s1. The van der Waals surface area contributed by atoms with E-state index >= 15 is 0 Å². The average Bonchev–Trinajstić information content (AvgIpc) is 2.82. The van der Waals surface area contributed by atoms with E-state index in [-0.39, 0.29) is 11.9 Å². The molecule has 3 aliphatic rings. The Balaban J connectivity index is 1.47. The van der Waals surface area contributed by atoms with Gasteiger partial charge in [-0.15, -0.1) is 0 Å². The van der Waals surface area contributed by atoms with Crippen molar-refractivity contribution in [2.24, 2.45) is 5.92 Å². The van der Waals surface area contributed by atoms with E-state index in [1.54, 1.807) is 0 Å². The molecule has 0 saturated carbocycles. The maximum Gasteiger partial charge on any atom is 0.252 e. The average molecular weight is 418 g/mol. The van der Waals surface area contributed by atoms with Crippen LogP contribution >= 0.6 is 0 Å². The predicted octanol–water partition coefficient (Wildman–Crippen LogP) is 4.41. The Labute approximate surface area is 186 Å². The molecule has 0 unspecified atom stereocenters. The van der Waals surface area contributed by atoms with Crippen LogP contribution in [-0.4, -0.2) is 36.5 Å². The van der Waals surface area contributed by atoms with Crippen LogP contribution in [0.5, 0.6) is 0 Å². The highest BCUT2D eigenvalue weighted by Gasteiger charge is 2.41. The zero-order valence-corrected chi connectivity index (χ0v) is 18.9. The first-order chi connectivity index (χ1) is 15.1. The molecule has 1 amide bonds. The Morgan fingerprint density at radius 3 is 2.90 bits per heavy atom. The van der Waals surface area contributed by atoms with E-state index in [1.165, 1.54) is 36.1 Å². The first-order valence-electron chi connectivity index (χ1n) is 12.1. The van der Waals surface area contributed by atoms with Gasteiger partial charge in [0.25, 0.3) is 5.91 Å². The number of fused-ring (bicyclic) bond motifs is 4. The summed E-state index contributed by atoms with van der Waals surface area (Å²) in [6, 6.07) is 15.7. The largest absolute Gasteiger partial charge is 0.346 e. The van der Waals surface area contributed by atoms with Gasteiger partial charge in [-0.2, -0.15) is 0 Å². The number of piperidine rings is 2. The Kier molecular flexibility index (Phi) is 5.85. The smallest absolute Gasteiger partial charge is 0.252 e. The minimum Gasteiger partial charge on any atom is -0.346 e. The number of nitrogens with one attached hydrogen (secondary N) is 2. The second-order valence-corrected chi connectivity index (χ2v) is 9.63. The summed E-state index contributed by atoms with van der Waals surface area (Å²) in [6.07, 6.45) is 5.77. The van der Waals surface area contributed by atoms with Crippen LogP contribution < -0.4 is 10.6 Å². The van der Waals surface area contributed by atoms with E-state index in [0.29, 0.717) is 12.1 Å². The molecule has 2 aromatic rings. The molecule has 164 valence electrons. The third kappa shape index (κ3) is 4.04. The Morgan fingerprint density at radius 2 is 2.10 bits per heavy atom. The second-order valence-electron chi connectivity index (χ2n) is 9.63. The molecule has 0 bridgehead atoms. The van der Waals surface area contributed by atoms with Gasteiger partial charge in [-0.05, 0) is 79.8 Å². The second kappa shape index (κ2) is 8.76. The van der Waals surface area contributed by atoms with Crippen LogP contribution in [0.2, 0.25) is 0 Å². The highest BCUT2D eigenvalue weighted by molar-refractivity contribution is 5.96. The summed E-state index contributed by atoms with van der Waals surface area (Å²) in [6.45, 7) is 7.68. The van der Waals surface area contributed by atoms with Gasteiger partial charge >= 0.3 is 0 Å². The molecule has 4 nitrogen and oxygen atoms in total. The number of hydrogen-bond donors (Lipinski definition) is 2. The lowest BCUT2D eigenvalue weighted by Crippen LogP contribution is -2.55. The van der Waals surface area contributed by atoms with Crippen LogP contribution in [0.15, 0.2) is 42.5 Å². The molecule has 2 aromatic carbocycles. The SMILES string of the molecule is CCc1cc2c(c(C(=O)N[C@H](C)c3ccccc3)c1)[C@H]1C[C@@H]3NCCC[C@@H]3CN1CC2. The summed E-state index contributed by atoms with van der Waals surface area (Å²) in [5, 5.41) is 7.08. The van der Waals surface area contributed by atoms with Crippen LogP contribution in [0, 0.1) is 5.92 Å². The number of carbonyl (C=O) groups is 1. The van der Waals surface area contributed by atoms with E-state index in [1.807, 2.05) is 18.2 Å². The van der Waals surface area contributed by atoms with Gasteiger partial charge in [0.1, 0.15) is 0 Å². The topological polar surface area (TPSA) is 44.4 Å². The van der Waals surface area contributed by atoms with Gasteiger partial charge in [0.05, 0.1) is 6.04 Å². The molecule has 3 heterocycles. The van der Waals surface area contributed by atoms with Gasteiger partial charge < -0.3 is 10.6 Å². The van der Waals surface area contributed by atoms with Crippen molar-refractivity contribution in [3.8, 4) is 0 Å². The van der Waals surface area contributed by atoms with Crippen molar-refractivity contribution in [1.29, 1.82) is 0 Å². The number of rotatable bonds is 4. The van der Waals surface area contributed by atoms with Crippen molar-refractivity contribution < 1.29 is 4.79 Å². The summed E-state index contributed by atoms with van der Waals surface area (Å²) in [4.78, 5) is 16.2. The Hall–Kier alpha value is -2.17. The lowest BCUT2D eigenvalue weighted by Gasteiger charge is -2.49. The number of aryl methyl sites for hydroxylation is 1. The molecule has 0 radical (unpaired) electrons. The predicted molar refractivity (Wildman–Crippen MR) is 125 cm³/mol. The molecule has 5 rings (SSSR count). The number of hydrogen-bond acceptors (Lipinski definition) is 3. The van der Waals surface area contributed by atoms with Crippen molar-refractivity contribution in [2.45, 2.75) is 64.1 Å². The fourth-order valence-electron chi connectivity index (χ4n) is 6.01. The van der Waals surface area contributed by atoms with Crippen molar-refractivity contribution >= 4 is 5.91 Å². The van der Waals surface area contributed by atoms with Crippen LogP contribution in [-0.2, 0) is 12.8 Å². The third-order valence-corrected chi connectivity index (χ3v) is 7.74. The fraction of sp³-hybridized carbons (Fsp3) is 0.519. The molecular formula is C27H35N3O. The number of amides is 1. The quantitative estimate of drug-likeness (QED) is 0.774. The minimum atomic E-state index is -0.00919. The van der Waals surface area contributed by atoms with Gasteiger partial charge in [-0.1, -0.05) is 43.3 Å². The maximum absolute atomic E-state index is 13.6. The van der Waals surface area contributed by atoms with Gasteiger partial charge in [0.15, 0.2) is 0 Å². The first-order valence-corrected chi connectivity index (χ1v) is 12.1. The van der Waals surface area contributed by atoms with Crippen LogP contribution in [0.4, 0.5) is 0 Å². The van der Waals surface area contributed by atoms with E-state index in [2.05, 4.69) is 53.6 Å². The minimum absolute atomic E-state index is 0.00919. The van der Waals surface area contributed by atoms with E-state index < -0.39 is 0 Å². The Bertz CT molecular complexity index is 941. The van der Waals surface area contributed by atoms with E-state index in [0.717, 1.165) is 49.4 Å². The zero-order chi connectivity index (χ0) is 21.4. The van der Waals surface area contributed by atoms with Crippen LogP contribution in [0.3, 0.4) is 0 Å².